The Kier molecular flexibility index (Phi) is 6.18. The molecule has 3 nitrogen and oxygen atoms in total. The maximum atomic E-state index is 13.4. The smallest absolute Gasteiger partial charge is 0.228 e. The molecule has 0 aliphatic carbocycles. The Morgan fingerprint density at radius 2 is 1.89 bits per heavy atom. The zero-order chi connectivity index (χ0) is 20.5. The van der Waals surface area contributed by atoms with Crippen molar-refractivity contribution >= 4 is 29.1 Å². The summed E-state index contributed by atoms with van der Waals surface area (Å²) < 4.78 is 0. The third-order valence-corrected chi connectivity index (χ3v) is 6.05. The molecule has 1 amide bonds. The lowest BCUT2D eigenvalue weighted by molar-refractivity contribution is -0.154. The molecule has 1 heterocycles. The molecule has 2 aromatic rings. The van der Waals surface area contributed by atoms with E-state index in [4.69, 9.17) is 28.9 Å². The summed E-state index contributed by atoms with van der Waals surface area (Å²) in [6, 6.07) is 15.2. The van der Waals surface area contributed by atoms with Crippen LogP contribution in [0.4, 0.5) is 0 Å². The van der Waals surface area contributed by atoms with E-state index < -0.39 is 5.66 Å². The fourth-order valence-electron chi connectivity index (χ4n) is 4.36. The number of hydrogen-bond donors (Lipinski definition) is 1. The van der Waals surface area contributed by atoms with Crippen LogP contribution < -0.4 is 5.73 Å². The molecular weight excluding hydrogens is 391 g/mol. The SMILES string of the molecule is C=CC[C@@H]1C[C@H](c2cccc(Cl)c2)[C@@](N)(c2ccc(Cl)cc2)N(C(C)C)C1=O. The summed E-state index contributed by atoms with van der Waals surface area (Å²) in [6.45, 7) is 7.84. The van der Waals surface area contributed by atoms with E-state index in [1.807, 2.05) is 73.4 Å². The quantitative estimate of drug-likeness (QED) is 0.633. The minimum atomic E-state index is -1.00. The number of carbonyl (C=O) groups excluding carboxylic acids is 1. The van der Waals surface area contributed by atoms with Crippen molar-refractivity contribution in [2.75, 3.05) is 0 Å². The number of halogens is 2. The molecule has 0 radical (unpaired) electrons. The van der Waals surface area contributed by atoms with Gasteiger partial charge in [0.1, 0.15) is 5.66 Å². The van der Waals surface area contributed by atoms with Gasteiger partial charge in [0.2, 0.25) is 5.91 Å². The molecule has 2 aromatic carbocycles. The molecule has 0 saturated carbocycles. The Hall–Kier alpha value is -1.81. The first-order valence-corrected chi connectivity index (χ1v) is 10.3. The molecule has 3 rings (SSSR count). The normalized spacial score (nSPS) is 25.2. The van der Waals surface area contributed by atoms with Crippen LogP contribution in [0.2, 0.25) is 10.0 Å². The fraction of sp³-hybridized carbons (Fsp3) is 0.348. The number of hydrogen-bond acceptors (Lipinski definition) is 2. The first kappa shape index (κ1) is 20.9. The van der Waals surface area contributed by atoms with E-state index in [0.29, 0.717) is 22.9 Å². The Morgan fingerprint density at radius 3 is 2.46 bits per heavy atom. The molecule has 0 bridgehead atoms. The molecule has 1 aliphatic rings. The molecule has 148 valence electrons. The lowest BCUT2D eigenvalue weighted by Crippen LogP contribution is -2.66. The lowest BCUT2D eigenvalue weighted by atomic mass is 9.70. The number of amides is 1. The van der Waals surface area contributed by atoms with Gasteiger partial charge in [0.05, 0.1) is 0 Å². The zero-order valence-electron chi connectivity index (χ0n) is 16.2. The largest absolute Gasteiger partial charge is 0.317 e. The van der Waals surface area contributed by atoms with E-state index in [-0.39, 0.29) is 23.8 Å². The number of benzene rings is 2. The van der Waals surface area contributed by atoms with Crippen LogP contribution in [-0.4, -0.2) is 16.8 Å². The molecule has 2 N–H and O–H groups in total. The summed E-state index contributed by atoms with van der Waals surface area (Å²) in [5.74, 6) is -0.212. The highest BCUT2D eigenvalue weighted by Crippen LogP contribution is 2.48. The standard InChI is InChI=1S/C23H26Cl2N2O/c1-4-6-17-14-21(16-7-5-8-20(25)13-16)23(26,27(15(2)3)22(17)28)18-9-11-19(24)12-10-18/h4-5,7-13,15,17,21H,1,6,14,26H2,2-3H3/t17-,21-,23-/m1/s1. The Morgan fingerprint density at radius 1 is 1.21 bits per heavy atom. The monoisotopic (exact) mass is 416 g/mol. The van der Waals surface area contributed by atoms with Crippen molar-refractivity contribution in [1.82, 2.24) is 4.90 Å². The van der Waals surface area contributed by atoms with E-state index in [0.717, 1.165) is 11.1 Å². The fourth-order valence-corrected chi connectivity index (χ4v) is 4.69. The van der Waals surface area contributed by atoms with E-state index in [1.165, 1.54) is 0 Å². The summed E-state index contributed by atoms with van der Waals surface area (Å²) in [6.07, 6.45) is 3.06. The molecule has 5 heteroatoms. The van der Waals surface area contributed by atoms with E-state index in [1.54, 1.807) is 0 Å². The van der Waals surface area contributed by atoms with E-state index in [9.17, 15) is 4.79 Å². The number of likely N-dealkylation sites (tertiary alicyclic amines) is 1. The van der Waals surface area contributed by atoms with Gasteiger partial charge < -0.3 is 10.6 Å². The van der Waals surface area contributed by atoms with Crippen LogP contribution in [0.5, 0.6) is 0 Å². The van der Waals surface area contributed by atoms with Crippen LogP contribution >= 0.6 is 23.2 Å². The molecule has 1 fully saturated rings. The topological polar surface area (TPSA) is 46.3 Å². The van der Waals surface area contributed by atoms with Crippen molar-refractivity contribution in [3.8, 4) is 0 Å². The van der Waals surface area contributed by atoms with Gasteiger partial charge in [-0.05, 0) is 62.1 Å². The van der Waals surface area contributed by atoms with Gasteiger partial charge in [0.25, 0.3) is 0 Å². The van der Waals surface area contributed by atoms with Crippen molar-refractivity contribution in [3.63, 3.8) is 0 Å². The lowest BCUT2D eigenvalue weighted by Gasteiger charge is -2.54. The highest BCUT2D eigenvalue weighted by atomic mass is 35.5. The molecule has 3 atom stereocenters. The highest BCUT2D eigenvalue weighted by molar-refractivity contribution is 6.30. The summed E-state index contributed by atoms with van der Waals surface area (Å²) in [5, 5.41) is 1.29. The Bertz CT molecular complexity index is 865. The second kappa shape index (κ2) is 8.28. The van der Waals surface area contributed by atoms with Crippen LogP contribution in [0, 0.1) is 5.92 Å². The second-order valence-electron chi connectivity index (χ2n) is 7.70. The van der Waals surface area contributed by atoms with Gasteiger partial charge in [0.15, 0.2) is 0 Å². The van der Waals surface area contributed by atoms with Crippen LogP contribution in [-0.2, 0) is 10.5 Å². The zero-order valence-corrected chi connectivity index (χ0v) is 17.8. The molecule has 28 heavy (non-hydrogen) atoms. The number of piperidine rings is 1. The average Bonchev–Trinajstić information content (AvgIpc) is 2.64. The first-order valence-electron chi connectivity index (χ1n) is 9.53. The molecular formula is C23H26Cl2N2O. The molecule has 1 saturated heterocycles. The molecule has 0 unspecified atom stereocenters. The number of rotatable bonds is 5. The Balaban J connectivity index is 2.22. The van der Waals surface area contributed by atoms with E-state index in [2.05, 4.69) is 6.58 Å². The maximum Gasteiger partial charge on any atom is 0.228 e. The van der Waals surface area contributed by atoms with Gasteiger partial charge >= 0.3 is 0 Å². The summed E-state index contributed by atoms with van der Waals surface area (Å²) in [5.41, 5.74) is 8.03. The molecule has 0 spiro atoms. The highest BCUT2D eigenvalue weighted by Gasteiger charge is 2.52. The Labute approximate surface area is 177 Å². The summed E-state index contributed by atoms with van der Waals surface area (Å²) in [4.78, 5) is 15.2. The van der Waals surface area contributed by atoms with Gasteiger partial charge in [-0.15, -0.1) is 6.58 Å². The van der Waals surface area contributed by atoms with Crippen LogP contribution in [0.15, 0.2) is 61.2 Å². The number of nitrogens with two attached hydrogens (primary N) is 1. The predicted molar refractivity (Wildman–Crippen MR) is 116 cm³/mol. The number of nitrogens with zero attached hydrogens (tertiary/aromatic N) is 1. The minimum absolute atomic E-state index is 0.0608. The van der Waals surface area contributed by atoms with Crippen molar-refractivity contribution in [2.24, 2.45) is 11.7 Å². The minimum Gasteiger partial charge on any atom is -0.317 e. The molecule has 0 aromatic heterocycles. The third-order valence-electron chi connectivity index (χ3n) is 5.56. The van der Waals surface area contributed by atoms with Gasteiger partial charge in [-0.1, -0.05) is 53.5 Å². The van der Waals surface area contributed by atoms with Gasteiger partial charge in [-0.3, -0.25) is 4.79 Å². The third kappa shape index (κ3) is 3.71. The van der Waals surface area contributed by atoms with Crippen LogP contribution in [0.3, 0.4) is 0 Å². The van der Waals surface area contributed by atoms with Gasteiger partial charge in [-0.2, -0.15) is 0 Å². The number of allylic oxidation sites excluding steroid dienone is 1. The predicted octanol–water partition coefficient (Wildman–Crippen LogP) is 5.72. The van der Waals surface area contributed by atoms with Crippen LogP contribution in [0.25, 0.3) is 0 Å². The van der Waals surface area contributed by atoms with E-state index >= 15 is 0 Å². The van der Waals surface area contributed by atoms with Crippen molar-refractivity contribution in [1.29, 1.82) is 0 Å². The van der Waals surface area contributed by atoms with Gasteiger partial charge in [0, 0.05) is 27.9 Å². The maximum absolute atomic E-state index is 13.4. The summed E-state index contributed by atoms with van der Waals surface area (Å²) >= 11 is 12.4. The van der Waals surface area contributed by atoms with Gasteiger partial charge in [-0.25, -0.2) is 0 Å². The van der Waals surface area contributed by atoms with Crippen molar-refractivity contribution < 1.29 is 4.79 Å². The average molecular weight is 417 g/mol. The summed E-state index contributed by atoms with van der Waals surface area (Å²) in [7, 11) is 0. The first-order chi connectivity index (χ1) is 13.3. The molecule has 1 aliphatic heterocycles. The van der Waals surface area contributed by atoms with Crippen molar-refractivity contribution in [2.45, 2.75) is 44.3 Å². The second-order valence-corrected chi connectivity index (χ2v) is 8.57. The number of carbonyl (C=O) groups is 1. The van der Waals surface area contributed by atoms with Crippen LogP contribution in [0.1, 0.15) is 43.7 Å². The van der Waals surface area contributed by atoms with Crippen molar-refractivity contribution in [3.05, 3.63) is 82.4 Å².